The van der Waals surface area contributed by atoms with Gasteiger partial charge in [-0.3, -0.25) is 5.41 Å². The van der Waals surface area contributed by atoms with E-state index in [9.17, 15) is 0 Å². The normalized spacial score (nSPS) is 16.9. The third kappa shape index (κ3) is 2.27. The van der Waals surface area contributed by atoms with Crippen molar-refractivity contribution in [1.82, 2.24) is 0 Å². The minimum atomic E-state index is 0.549. The molecule has 0 amide bonds. The summed E-state index contributed by atoms with van der Waals surface area (Å²) >= 11 is 11.8. The molecule has 1 saturated heterocycles. The van der Waals surface area contributed by atoms with Crippen molar-refractivity contribution in [3.8, 4) is 0 Å². The Morgan fingerprint density at radius 1 is 1.13 bits per heavy atom. The summed E-state index contributed by atoms with van der Waals surface area (Å²) in [6, 6.07) is 5.51. The number of piperidine rings is 1. The highest BCUT2D eigenvalue weighted by atomic mass is 35.5. The van der Waals surface area contributed by atoms with Crippen LogP contribution in [0.25, 0.3) is 0 Å². The Morgan fingerprint density at radius 2 is 1.93 bits per heavy atom. The zero-order chi connectivity index (χ0) is 10.8. The number of rotatable bonds is 1. The molecule has 0 saturated carbocycles. The maximum atomic E-state index is 7.86. The average Bonchev–Trinajstić information content (AvgIpc) is 2.23. The molecule has 0 unspecified atom stereocenters. The first-order chi connectivity index (χ1) is 7.18. The van der Waals surface area contributed by atoms with E-state index >= 15 is 0 Å². The SMILES string of the molecule is N=C1CCCCN1c1ccc(Cl)c(Cl)c1. The second-order valence-corrected chi connectivity index (χ2v) is 4.47. The molecular formula is C11H12Cl2N2. The number of benzene rings is 1. The second-order valence-electron chi connectivity index (χ2n) is 3.65. The summed E-state index contributed by atoms with van der Waals surface area (Å²) in [6.07, 6.45) is 3.08. The van der Waals surface area contributed by atoms with Gasteiger partial charge in [-0.2, -0.15) is 0 Å². The fourth-order valence-electron chi connectivity index (χ4n) is 1.77. The van der Waals surface area contributed by atoms with E-state index in [1.165, 1.54) is 0 Å². The Kier molecular flexibility index (Phi) is 3.17. The highest BCUT2D eigenvalue weighted by molar-refractivity contribution is 6.42. The zero-order valence-corrected chi connectivity index (χ0v) is 9.78. The maximum Gasteiger partial charge on any atom is 0.100 e. The molecule has 2 rings (SSSR count). The lowest BCUT2D eigenvalue weighted by atomic mass is 10.1. The molecule has 2 nitrogen and oxygen atoms in total. The van der Waals surface area contributed by atoms with Gasteiger partial charge in [-0.1, -0.05) is 23.2 Å². The predicted octanol–water partition coefficient (Wildman–Crippen LogP) is 3.96. The van der Waals surface area contributed by atoms with Crippen LogP contribution >= 0.6 is 23.2 Å². The average molecular weight is 243 g/mol. The Morgan fingerprint density at radius 3 is 2.60 bits per heavy atom. The Balaban J connectivity index is 2.28. The van der Waals surface area contributed by atoms with Crippen LogP contribution < -0.4 is 4.90 Å². The molecule has 80 valence electrons. The zero-order valence-electron chi connectivity index (χ0n) is 8.26. The largest absolute Gasteiger partial charge is 0.330 e. The van der Waals surface area contributed by atoms with E-state index in [-0.39, 0.29) is 0 Å². The van der Waals surface area contributed by atoms with Gasteiger partial charge in [-0.25, -0.2) is 0 Å². The van der Waals surface area contributed by atoms with E-state index in [1.54, 1.807) is 6.07 Å². The smallest absolute Gasteiger partial charge is 0.100 e. The molecule has 0 bridgehead atoms. The van der Waals surface area contributed by atoms with E-state index in [0.29, 0.717) is 15.9 Å². The van der Waals surface area contributed by atoms with Gasteiger partial charge in [0.15, 0.2) is 0 Å². The molecule has 15 heavy (non-hydrogen) atoms. The van der Waals surface area contributed by atoms with Crippen LogP contribution in [0.15, 0.2) is 18.2 Å². The van der Waals surface area contributed by atoms with Gasteiger partial charge in [-0.15, -0.1) is 0 Å². The third-order valence-corrected chi connectivity index (χ3v) is 3.33. The van der Waals surface area contributed by atoms with Crippen LogP contribution in [0, 0.1) is 5.41 Å². The first-order valence-corrected chi connectivity index (χ1v) is 5.74. The van der Waals surface area contributed by atoms with Crippen LogP contribution in [0.1, 0.15) is 19.3 Å². The highest BCUT2D eigenvalue weighted by Gasteiger charge is 2.16. The lowest BCUT2D eigenvalue weighted by molar-refractivity contribution is 0.707. The standard InChI is InChI=1S/C11H12Cl2N2/c12-9-5-4-8(7-10(9)13)15-6-2-1-3-11(15)14/h4-5,7,14H,1-3,6H2. The number of hydrogen-bond acceptors (Lipinski definition) is 1. The number of anilines is 1. The van der Waals surface area contributed by atoms with Gasteiger partial charge in [0.05, 0.1) is 10.0 Å². The van der Waals surface area contributed by atoms with Crippen molar-refractivity contribution in [2.45, 2.75) is 19.3 Å². The van der Waals surface area contributed by atoms with E-state index in [1.807, 2.05) is 17.0 Å². The van der Waals surface area contributed by atoms with Crippen molar-refractivity contribution in [1.29, 1.82) is 5.41 Å². The lowest BCUT2D eigenvalue weighted by Crippen LogP contribution is -2.34. The molecular weight excluding hydrogens is 231 g/mol. The first kappa shape index (κ1) is 10.8. The van der Waals surface area contributed by atoms with Crippen molar-refractivity contribution in [3.63, 3.8) is 0 Å². The molecule has 4 heteroatoms. The quantitative estimate of drug-likeness (QED) is 0.794. The van der Waals surface area contributed by atoms with Gasteiger partial charge >= 0.3 is 0 Å². The van der Waals surface area contributed by atoms with Crippen molar-refractivity contribution < 1.29 is 0 Å². The molecule has 1 fully saturated rings. The fraction of sp³-hybridized carbons (Fsp3) is 0.364. The summed E-state index contributed by atoms with van der Waals surface area (Å²) in [5.41, 5.74) is 0.967. The monoisotopic (exact) mass is 242 g/mol. The summed E-state index contributed by atoms with van der Waals surface area (Å²) in [4.78, 5) is 1.99. The van der Waals surface area contributed by atoms with Gasteiger partial charge in [0, 0.05) is 18.7 Å². The van der Waals surface area contributed by atoms with Crippen LogP contribution in [0.3, 0.4) is 0 Å². The van der Waals surface area contributed by atoms with E-state index < -0.39 is 0 Å². The molecule has 0 aromatic heterocycles. The Labute approximate surface area is 99.3 Å². The van der Waals surface area contributed by atoms with Crippen molar-refractivity contribution in [2.24, 2.45) is 0 Å². The molecule has 0 atom stereocenters. The number of hydrogen-bond donors (Lipinski definition) is 1. The van der Waals surface area contributed by atoms with Gasteiger partial charge in [0.2, 0.25) is 0 Å². The van der Waals surface area contributed by atoms with E-state index in [0.717, 1.165) is 31.5 Å². The van der Waals surface area contributed by atoms with Crippen LogP contribution in [-0.2, 0) is 0 Å². The fourth-order valence-corrected chi connectivity index (χ4v) is 2.06. The lowest BCUT2D eigenvalue weighted by Gasteiger charge is -2.29. The molecule has 0 radical (unpaired) electrons. The van der Waals surface area contributed by atoms with Crippen LogP contribution in [-0.4, -0.2) is 12.4 Å². The molecule has 1 aromatic rings. The van der Waals surface area contributed by atoms with Crippen LogP contribution in [0.2, 0.25) is 10.0 Å². The summed E-state index contributed by atoms with van der Waals surface area (Å²) < 4.78 is 0. The predicted molar refractivity (Wildman–Crippen MR) is 65.4 cm³/mol. The number of nitrogens with zero attached hydrogens (tertiary/aromatic N) is 1. The molecule has 1 N–H and O–H groups in total. The molecule has 1 aliphatic rings. The minimum absolute atomic E-state index is 0.549. The second kappa shape index (κ2) is 4.42. The van der Waals surface area contributed by atoms with Gasteiger partial charge < -0.3 is 4.90 Å². The summed E-state index contributed by atoms with van der Waals surface area (Å²) in [7, 11) is 0. The Hall–Kier alpha value is -0.730. The molecule has 1 heterocycles. The number of amidine groups is 1. The first-order valence-electron chi connectivity index (χ1n) is 4.98. The highest BCUT2D eigenvalue weighted by Crippen LogP contribution is 2.29. The van der Waals surface area contributed by atoms with Crippen molar-refractivity contribution in [3.05, 3.63) is 28.2 Å². The molecule has 0 spiro atoms. The molecule has 1 aromatic carbocycles. The van der Waals surface area contributed by atoms with Crippen molar-refractivity contribution >= 4 is 34.7 Å². The van der Waals surface area contributed by atoms with Crippen molar-refractivity contribution in [2.75, 3.05) is 11.4 Å². The molecule has 0 aliphatic carbocycles. The van der Waals surface area contributed by atoms with Crippen LogP contribution in [0.5, 0.6) is 0 Å². The van der Waals surface area contributed by atoms with Gasteiger partial charge in [0.25, 0.3) is 0 Å². The third-order valence-electron chi connectivity index (χ3n) is 2.59. The van der Waals surface area contributed by atoms with E-state index in [2.05, 4.69) is 0 Å². The summed E-state index contributed by atoms with van der Waals surface area (Å²) in [6.45, 7) is 0.900. The summed E-state index contributed by atoms with van der Waals surface area (Å²) in [5.74, 6) is 0.666. The Bertz CT molecular complexity index is 390. The van der Waals surface area contributed by atoms with Crippen LogP contribution in [0.4, 0.5) is 5.69 Å². The topological polar surface area (TPSA) is 27.1 Å². The van der Waals surface area contributed by atoms with Gasteiger partial charge in [0.1, 0.15) is 5.84 Å². The maximum absolute atomic E-state index is 7.86. The minimum Gasteiger partial charge on any atom is -0.330 e. The molecule has 1 aliphatic heterocycles. The van der Waals surface area contributed by atoms with E-state index in [4.69, 9.17) is 28.6 Å². The summed E-state index contributed by atoms with van der Waals surface area (Å²) in [5, 5.41) is 8.97. The van der Waals surface area contributed by atoms with Gasteiger partial charge in [-0.05, 0) is 31.0 Å². The number of halogens is 2. The number of nitrogens with one attached hydrogen (secondary N) is 1.